The van der Waals surface area contributed by atoms with Gasteiger partial charge < -0.3 is 10.6 Å². The lowest BCUT2D eigenvalue weighted by molar-refractivity contribution is -0.126. The zero-order valence-corrected chi connectivity index (χ0v) is 11.9. The van der Waals surface area contributed by atoms with Gasteiger partial charge in [-0.25, -0.2) is 0 Å². The molecule has 5 nitrogen and oxygen atoms in total. The molecule has 0 saturated heterocycles. The molecule has 20 heavy (non-hydrogen) atoms. The van der Waals surface area contributed by atoms with Gasteiger partial charge in [0.1, 0.15) is 6.04 Å². The van der Waals surface area contributed by atoms with Crippen LogP contribution >= 0.6 is 0 Å². The van der Waals surface area contributed by atoms with Gasteiger partial charge in [0.05, 0.1) is 12.5 Å². The third kappa shape index (κ3) is 4.73. The summed E-state index contributed by atoms with van der Waals surface area (Å²) in [5.41, 5.74) is 1.54. The molecule has 0 aliphatic heterocycles. The van der Waals surface area contributed by atoms with Crippen molar-refractivity contribution in [1.29, 1.82) is 5.26 Å². The number of rotatable bonds is 5. The highest BCUT2D eigenvalue weighted by Crippen LogP contribution is 2.12. The smallest absolute Gasteiger partial charge is 0.247 e. The molecular formula is C15H19N3O2. The van der Waals surface area contributed by atoms with Gasteiger partial charge in [-0.05, 0) is 23.6 Å². The van der Waals surface area contributed by atoms with Crippen molar-refractivity contribution < 1.29 is 9.59 Å². The molecule has 0 bridgehead atoms. The minimum atomic E-state index is -0.564. The van der Waals surface area contributed by atoms with Gasteiger partial charge in [0, 0.05) is 12.6 Å². The molecule has 0 fully saturated rings. The van der Waals surface area contributed by atoms with Crippen LogP contribution in [0.1, 0.15) is 26.3 Å². The minimum absolute atomic E-state index is 0.00300. The second-order valence-corrected chi connectivity index (χ2v) is 4.94. The molecule has 106 valence electrons. The van der Waals surface area contributed by atoms with Gasteiger partial charge in [0.15, 0.2) is 0 Å². The van der Waals surface area contributed by atoms with Crippen molar-refractivity contribution in [3.63, 3.8) is 0 Å². The van der Waals surface area contributed by atoms with E-state index in [1.807, 2.05) is 13.8 Å². The van der Waals surface area contributed by atoms with Gasteiger partial charge in [0.25, 0.3) is 0 Å². The highest BCUT2D eigenvalue weighted by Gasteiger charge is 2.22. The Kier molecular flexibility index (Phi) is 5.73. The maximum absolute atomic E-state index is 12.1. The fraction of sp³-hybridized carbons (Fsp3) is 0.400. The van der Waals surface area contributed by atoms with Crippen LogP contribution in [0.2, 0.25) is 0 Å². The fourth-order valence-electron chi connectivity index (χ4n) is 1.77. The van der Waals surface area contributed by atoms with Crippen molar-refractivity contribution in [3.8, 4) is 6.07 Å². The molecule has 1 atom stereocenters. The normalized spacial score (nSPS) is 11.6. The molecule has 5 heteroatoms. The van der Waals surface area contributed by atoms with E-state index >= 15 is 0 Å². The summed E-state index contributed by atoms with van der Waals surface area (Å²) in [4.78, 5) is 23.2. The maximum Gasteiger partial charge on any atom is 0.247 e. The highest BCUT2D eigenvalue weighted by atomic mass is 16.2. The number of carbonyl (C=O) groups excluding carboxylic acids is 2. The number of hydrogen-bond acceptors (Lipinski definition) is 3. The lowest BCUT2D eigenvalue weighted by Crippen LogP contribution is -2.46. The maximum atomic E-state index is 12.1. The Morgan fingerprint density at radius 3 is 2.30 bits per heavy atom. The fourth-order valence-corrected chi connectivity index (χ4v) is 1.77. The summed E-state index contributed by atoms with van der Waals surface area (Å²) in [6.45, 7) is 5.13. The Balaban J connectivity index is 2.72. The summed E-state index contributed by atoms with van der Waals surface area (Å²) < 4.78 is 0. The highest BCUT2D eigenvalue weighted by molar-refractivity contribution is 5.97. The molecule has 1 rings (SSSR count). The Morgan fingerprint density at radius 2 is 1.85 bits per heavy atom. The van der Waals surface area contributed by atoms with Gasteiger partial charge in [-0.1, -0.05) is 26.0 Å². The summed E-state index contributed by atoms with van der Waals surface area (Å²) in [7, 11) is 0. The molecule has 0 aromatic heterocycles. The van der Waals surface area contributed by atoms with Crippen molar-refractivity contribution >= 4 is 17.5 Å². The lowest BCUT2D eigenvalue weighted by Gasteiger charge is -2.20. The summed E-state index contributed by atoms with van der Waals surface area (Å²) >= 11 is 0. The first-order chi connectivity index (χ1) is 9.43. The molecule has 2 N–H and O–H groups in total. The van der Waals surface area contributed by atoms with Crippen LogP contribution in [0, 0.1) is 17.2 Å². The Morgan fingerprint density at radius 1 is 1.25 bits per heavy atom. The van der Waals surface area contributed by atoms with E-state index in [9.17, 15) is 9.59 Å². The standard InChI is InChI=1S/C15H19N3O2/c1-10(2)14(17-11(3)19)15(20)18-13-6-4-12(5-7-13)8-9-16/h4-7,10,14H,8H2,1-3H3,(H,17,19)(H,18,20)/t14-/m1/s1. The summed E-state index contributed by atoms with van der Waals surface area (Å²) in [6.07, 6.45) is 0.342. The zero-order chi connectivity index (χ0) is 15.1. The molecular weight excluding hydrogens is 254 g/mol. The summed E-state index contributed by atoms with van der Waals surface area (Å²) in [5.74, 6) is -0.483. The van der Waals surface area contributed by atoms with E-state index in [-0.39, 0.29) is 17.7 Å². The first kappa shape index (κ1) is 15.7. The molecule has 1 aromatic rings. The predicted octanol–water partition coefficient (Wildman–Crippen LogP) is 1.85. The van der Waals surface area contributed by atoms with E-state index in [0.29, 0.717) is 12.1 Å². The summed E-state index contributed by atoms with van der Waals surface area (Å²) in [6, 6.07) is 8.58. The number of nitrogens with zero attached hydrogens (tertiary/aromatic N) is 1. The van der Waals surface area contributed by atoms with Crippen LogP contribution in [0.5, 0.6) is 0 Å². The molecule has 0 heterocycles. The minimum Gasteiger partial charge on any atom is -0.344 e. The van der Waals surface area contributed by atoms with Gasteiger partial charge in [-0.3, -0.25) is 9.59 Å². The number of nitriles is 1. The Labute approximate surface area is 119 Å². The van der Waals surface area contributed by atoms with E-state index in [2.05, 4.69) is 16.7 Å². The molecule has 0 radical (unpaired) electrons. The first-order valence-electron chi connectivity index (χ1n) is 6.48. The van der Waals surface area contributed by atoms with Gasteiger partial charge in [-0.15, -0.1) is 0 Å². The molecule has 1 aromatic carbocycles. The van der Waals surface area contributed by atoms with E-state index in [4.69, 9.17) is 5.26 Å². The van der Waals surface area contributed by atoms with Crippen LogP contribution in [0.3, 0.4) is 0 Å². The molecule has 0 spiro atoms. The second-order valence-electron chi connectivity index (χ2n) is 4.94. The predicted molar refractivity (Wildman–Crippen MR) is 76.8 cm³/mol. The van der Waals surface area contributed by atoms with Crippen molar-refractivity contribution in [2.45, 2.75) is 33.2 Å². The quantitative estimate of drug-likeness (QED) is 0.859. The summed E-state index contributed by atoms with van der Waals surface area (Å²) in [5, 5.41) is 14.0. The topological polar surface area (TPSA) is 82.0 Å². The Hall–Kier alpha value is -2.35. The van der Waals surface area contributed by atoms with Crippen LogP contribution in [0.15, 0.2) is 24.3 Å². The average Bonchev–Trinajstić information content (AvgIpc) is 2.38. The van der Waals surface area contributed by atoms with Crippen molar-refractivity contribution in [2.24, 2.45) is 5.92 Å². The number of hydrogen-bond donors (Lipinski definition) is 2. The van der Waals surface area contributed by atoms with Crippen LogP contribution in [0.25, 0.3) is 0 Å². The molecule has 0 unspecified atom stereocenters. The van der Waals surface area contributed by atoms with E-state index in [0.717, 1.165) is 5.56 Å². The van der Waals surface area contributed by atoms with Crippen molar-refractivity contribution in [1.82, 2.24) is 5.32 Å². The van der Waals surface area contributed by atoms with Crippen LogP contribution in [-0.2, 0) is 16.0 Å². The first-order valence-corrected chi connectivity index (χ1v) is 6.48. The number of carbonyl (C=O) groups is 2. The van der Waals surface area contributed by atoms with Crippen molar-refractivity contribution in [3.05, 3.63) is 29.8 Å². The monoisotopic (exact) mass is 273 g/mol. The van der Waals surface area contributed by atoms with Gasteiger partial charge in [-0.2, -0.15) is 5.26 Å². The van der Waals surface area contributed by atoms with Crippen LogP contribution in [-0.4, -0.2) is 17.9 Å². The number of anilines is 1. The van der Waals surface area contributed by atoms with E-state index in [1.54, 1.807) is 24.3 Å². The molecule has 2 amide bonds. The second kappa shape index (κ2) is 7.29. The van der Waals surface area contributed by atoms with Crippen LogP contribution in [0.4, 0.5) is 5.69 Å². The third-order valence-electron chi connectivity index (χ3n) is 2.81. The molecule has 0 aliphatic rings. The van der Waals surface area contributed by atoms with Crippen molar-refractivity contribution in [2.75, 3.05) is 5.32 Å². The zero-order valence-electron chi connectivity index (χ0n) is 11.9. The van der Waals surface area contributed by atoms with Gasteiger partial charge >= 0.3 is 0 Å². The number of benzene rings is 1. The molecule has 0 saturated carbocycles. The number of nitrogens with one attached hydrogen (secondary N) is 2. The average molecular weight is 273 g/mol. The third-order valence-corrected chi connectivity index (χ3v) is 2.81. The largest absolute Gasteiger partial charge is 0.344 e. The van der Waals surface area contributed by atoms with Crippen LogP contribution < -0.4 is 10.6 Å². The van der Waals surface area contributed by atoms with Gasteiger partial charge in [0.2, 0.25) is 11.8 Å². The number of amides is 2. The lowest BCUT2D eigenvalue weighted by atomic mass is 10.0. The van der Waals surface area contributed by atoms with E-state index in [1.165, 1.54) is 6.92 Å². The SMILES string of the molecule is CC(=O)N[C@@H](C(=O)Nc1ccc(CC#N)cc1)C(C)C. The Bertz CT molecular complexity index is 515. The van der Waals surface area contributed by atoms with E-state index < -0.39 is 6.04 Å². The molecule has 0 aliphatic carbocycles.